The molecule has 4 rings (SSSR count). The fourth-order valence-corrected chi connectivity index (χ4v) is 3.86. The van der Waals surface area contributed by atoms with Crippen LogP contribution in [0, 0.1) is 17.2 Å². The van der Waals surface area contributed by atoms with Gasteiger partial charge in [0.15, 0.2) is 0 Å². The molecule has 2 aliphatic rings. The summed E-state index contributed by atoms with van der Waals surface area (Å²) in [6, 6.07) is 7.96. The van der Waals surface area contributed by atoms with Gasteiger partial charge in [-0.1, -0.05) is 18.7 Å². The second-order valence-corrected chi connectivity index (χ2v) is 8.40. The number of benzene rings is 1. The number of hydrogen-bond donors (Lipinski definition) is 2. The third kappa shape index (κ3) is 4.64. The molecule has 1 aliphatic carbocycles. The van der Waals surface area contributed by atoms with E-state index in [2.05, 4.69) is 28.0 Å². The van der Waals surface area contributed by atoms with E-state index in [-0.39, 0.29) is 0 Å². The van der Waals surface area contributed by atoms with Gasteiger partial charge in [-0.3, -0.25) is 4.68 Å². The Balaban J connectivity index is 1.70. The van der Waals surface area contributed by atoms with Crippen molar-refractivity contribution in [3.8, 4) is 17.2 Å². The molecule has 7 nitrogen and oxygen atoms in total. The summed E-state index contributed by atoms with van der Waals surface area (Å²) < 4.78 is 1.72. The largest absolute Gasteiger partial charge is 0.388 e. The van der Waals surface area contributed by atoms with E-state index in [1.165, 1.54) is 12.8 Å². The van der Waals surface area contributed by atoms with E-state index in [0.29, 0.717) is 23.6 Å². The van der Waals surface area contributed by atoms with Crippen LogP contribution in [-0.4, -0.2) is 40.2 Å². The van der Waals surface area contributed by atoms with Crippen LogP contribution in [0.15, 0.2) is 59.1 Å². The van der Waals surface area contributed by atoms with E-state index < -0.39 is 0 Å². The molecule has 3 N–H and O–H groups in total. The van der Waals surface area contributed by atoms with Gasteiger partial charge in [0, 0.05) is 67.4 Å². The molecule has 2 aromatic rings. The predicted octanol–water partition coefficient (Wildman–Crippen LogP) is 3.44. The van der Waals surface area contributed by atoms with Crippen LogP contribution in [0.25, 0.3) is 11.1 Å². The second kappa shape index (κ2) is 8.68. The van der Waals surface area contributed by atoms with Crippen LogP contribution in [0.5, 0.6) is 0 Å². The minimum absolute atomic E-state index is 0.448. The van der Waals surface area contributed by atoms with Crippen molar-refractivity contribution in [3.05, 3.63) is 59.7 Å². The van der Waals surface area contributed by atoms with Crippen LogP contribution in [0.2, 0.25) is 0 Å². The third-order valence-electron chi connectivity index (χ3n) is 5.91. The van der Waals surface area contributed by atoms with Crippen molar-refractivity contribution in [3.63, 3.8) is 0 Å². The Morgan fingerprint density at radius 1 is 1.42 bits per heavy atom. The highest BCUT2D eigenvalue weighted by Gasteiger charge is 2.25. The standard InChI is InChI=1S/C24H29N7/c1-16(2)31-10-9-22(27-12-17-7-8-17)21(15-31)24(26)29-23-6-4-5-19(20(23)11-25)18-13-28-30(3)14-18/h4-6,13-14,17,27H,1,7-10,12,15H2,2-3H3,(H2,26,29). The highest BCUT2D eigenvalue weighted by Crippen LogP contribution is 2.31. The average molecular weight is 416 g/mol. The lowest BCUT2D eigenvalue weighted by Crippen LogP contribution is -2.38. The van der Waals surface area contributed by atoms with Gasteiger partial charge in [0.2, 0.25) is 0 Å². The normalized spacial score (nSPS) is 16.9. The van der Waals surface area contributed by atoms with Crippen LogP contribution in [0.3, 0.4) is 0 Å². The summed E-state index contributed by atoms with van der Waals surface area (Å²) in [7, 11) is 1.86. The number of hydrogen-bond acceptors (Lipinski definition) is 5. The molecule has 0 bridgehead atoms. The number of nitrogens with zero attached hydrogens (tertiary/aromatic N) is 5. The summed E-state index contributed by atoms with van der Waals surface area (Å²) in [5.74, 6) is 1.22. The van der Waals surface area contributed by atoms with E-state index in [1.807, 2.05) is 38.4 Å². The second-order valence-electron chi connectivity index (χ2n) is 8.40. The Morgan fingerprint density at radius 2 is 2.23 bits per heavy atom. The van der Waals surface area contributed by atoms with Crippen LogP contribution < -0.4 is 11.1 Å². The first-order chi connectivity index (χ1) is 15.0. The Bertz CT molecular complexity index is 1100. The van der Waals surface area contributed by atoms with E-state index >= 15 is 0 Å². The minimum atomic E-state index is 0.448. The Morgan fingerprint density at radius 3 is 2.87 bits per heavy atom. The third-order valence-corrected chi connectivity index (χ3v) is 5.91. The monoisotopic (exact) mass is 415 g/mol. The number of aromatic nitrogens is 2. The lowest BCUT2D eigenvalue weighted by atomic mass is 10.0. The Labute approximate surface area is 183 Å². The van der Waals surface area contributed by atoms with Crippen LogP contribution in [0.1, 0.15) is 31.7 Å². The molecule has 0 unspecified atom stereocenters. The smallest absolute Gasteiger partial charge is 0.130 e. The number of nitriles is 1. The maximum absolute atomic E-state index is 9.88. The zero-order valence-corrected chi connectivity index (χ0v) is 18.2. The maximum Gasteiger partial charge on any atom is 0.130 e. The van der Waals surface area contributed by atoms with Crippen molar-refractivity contribution in [2.75, 3.05) is 19.6 Å². The number of allylic oxidation sites excluding steroid dienone is 1. The summed E-state index contributed by atoms with van der Waals surface area (Å²) in [6.45, 7) is 8.67. The molecule has 0 spiro atoms. The van der Waals surface area contributed by atoms with Crippen LogP contribution in [-0.2, 0) is 7.05 Å². The van der Waals surface area contributed by atoms with E-state index in [1.54, 1.807) is 10.9 Å². The number of rotatable bonds is 7. The van der Waals surface area contributed by atoms with E-state index in [0.717, 1.165) is 53.5 Å². The first kappa shape index (κ1) is 20.7. The van der Waals surface area contributed by atoms with Crippen molar-refractivity contribution < 1.29 is 0 Å². The molecule has 0 radical (unpaired) electrons. The molecule has 2 heterocycles. The van der Waals surface area contributed by atoms with Gasteiger partial charge in [0.25, 0.3) is 0 Å². The highest BCUT2D eigenvalue weighted by atomic mass is 15.2. The molecule has 31 heavy (non-hydrogen) atoms. The lowest BCUT2D eigenvalue weighted by Gasteiger charge is -2.33. The quantitative estimate of drug-likeness (QED) is 0.533. The van der Waals surface area contributed by atoms with Crippen molar-refractivity contribution in [2.24, 2.45) is 23.7 Å². The van der Waals surface area contributed by atoms with Crippen LogP contribution >= 0.6 is 0 Å². The molecular formula is C24H29N7. The summed E-state index contributed by atoms with van der Waals surface area (Å²) in [6.07, 6.45) is 7.11. The molecule has 1 aromatic carbocycles. The fraction of sp³-hybridized carbons (Fsp3) is 0.375. The maximum atomic E-state index is 9.88. The van der Waals surface area contributed by atoms with Gasteiger partial charge in [-0.2, -0.15) is 10.4 Å². The van der Waals surface area contributed by atoms with Gasteiger partial charge in [-0.05, 0) is 31.7 Å². The van der Waals surface area contributed by atoms with Gasteiger partial charge in [0.1, 0.15) is 11.9 Å². The lowest BCUT2D eigenvalue weighted by molar-refractivity contribution is 0.357. The van der Waals surface area contributed by atoms with Gasteiger partial charge in [-0.15, -0.1) is 0 Å². The molecule has 0 amide bonds. The highest BCUT2D eigenvalue weighted by molar-refractivity contribution is 6.00. The molecule has 1 fully saturated rings. The fourth-order valence-electron chi connectivity index (χ4n) is 3.86. The molecule has 7 heteroatoms. The van der Waals surface area contributed by atoms with Crippen molar-refractivity contribution in [1.82, 2.24) is 20.0 Å². The number of amidine groups is 1. The first-order valence-electron chi connectivity index (χ1n) is 10.7. The zero-order valence-electron chi connectivity index (χ0n) is 18.2. The number of aryl methyl sites for hydroxylation is 1. The summed E-state index contributed by atoms with van der Waals surface area (Å²) >= 11 is 0. The van der Waals surface area contributed by atoms with E-state index in [4.69, 9.17) is 10.7 Å². The van der Waals surface area contributed by atoms with Gasteiger partial charge in [0.05, 0.1) is 17.4 Å². The molecule has 0 saturated heterocycles. The summed E-state index contributed by atoms with van der Waals surface area (Å²) in [5.41, 5.74) is 12.5. The van der Waals surface area contributed by atoms with Crippen molar-refractivity contribution in [1.29, 1.82) is 5.26 Å². The summed E-state index contributed by atoms with van der Waals surface area (Å²) in [4.78, 5) is 6.94. The number of nitrogens with two attached hydrogens (primary N) is 1. The SMILES string of the molecule is C=C(C)N1CCC(NCC2CC2)=C(C(N)=Nc2cccc(-c3cnn(C)c3)c2C#N)C1. The van der Waals surface area contributed by atoms with E-state index in [9.17, 15) is 5.26 Å². The Hall–Kier alpha value is -3.53. The molecule has 160 valence electrons. The topological polar surface area (TPSA) is 95.3 Å². The van der Waals surface area contributed by atoms with Crippen molar-refractivity contribution in [2.45, 2.75) is 26.2 Å². The van der Waals surface area contributed by atoms with Crippen LogP contribution in [0.4, 0.5) is 5.69 Å². The molecule has 1 saturated carbocycles. The van der Waals surface area contributed by atoms with Gasteiger partial charge >= 0.3 is 0 Å². The van der Waals surface area contributed by atoms with Crippen molar-refractivity contribution >= 4 is 11.5 Å². The molecule has 1 aromatic heterocycles. The predicted molar refractivity (Wildman–Crippen MR) is 123 cm³/mol. The first-order valence-corrected chi connectivity index (χ1v) is 10.7. The molecule has 0 atom stereocenters. The van der Waals surface area contributed by atoms with Gasteiger partial charge < -0.3 is 16.0 Å². The zero-order chi connectivity index (χ0) is 22.0. The average Bonchev–Trinajstić information content (AvgIpc) is 3.50. The molecule has 1 aliphatic heterocycles. The number of aliphatic imine (C=N–C) groups is 1. The molecular weight excluding hydrogens is 386 g/mol. The number of nitrogens with one attached hydrogen (secondary N) is 1. The minimum Gasteiger partial charge on any atom is -0.388 e. The van der Waals surface area contributed by atoms with Gasteiger partial charge in [-0.25, -0.2) is 4.99 Å². The summed E-state index contributed by atoms with van der Waals surface area (Å²) in [5, 5.41) is 17.7. The Kier molecular flexibility index (Phi) is 5.81.